The number of aromatic amines is 1. The molecule has 1 aliphatic heterocycles. The van der Waals surface area contributed by atoms with Gasteiger partial charge in [0.05, 0.1) is 12.6 Å². The highest BCUT2D eigenvalue weighted by Gasteiger charge is 2.28. The molecule has 2 heterocycles. The molecule has 1 saturated heterocycles. The van der Waals surface area contributed by atoms with Gasteiger partial charge in [-0.05, 0) is 25.8 Å². The van der Waals surface area contributed by atoms with Crippen molar-refractivity contribution in [3.63, 3.8) is 0 Å². The zero-order chi connectivity index (χ0) is 13.0. The van der Waals surface area contributed by atoms with Crippen molar-refractivity contribution in [2.75, 3.05) is 13.1 Å². The predicted molar refractivity (Wildman–Crippen MR) is 71.7 cm³/mol. The van der Waals surface area contributed by atoms with Crippen molar-refractivity contribution in [2.45, 2.75) is 38.8 Å². The third-order valence-electron chi connectivity index (χ3n) is 3.10. The lowest BCUT2D eigenvalue weighted by atomic mass is 10.0. The Kier molecular flexibility index (Phi) is 4.54. The lowest BCUT2D eigenvalue weighted by Gasteiger charge is -2.32. The molecule has 1 aliphatic rings. The van der Waals surface area contributed by atoms with E-state index in [0.29, 0.717) is 6.54 Å². The average Bonchev–Trinajstić information content (AvgIpc) is 2.76. The molecule has 1 aromatic heterocycles. The van der Waals surface area contributed by atoms with E-state index in [1.807, 2.05) is 4.90 Å². The van der Waals surface area contributed by atoms with Crippen LogP contribution in [0.15, 0.2) is 10.2 Å². The maximum Gasteiger partial charge on any atom is 0.304 e. The molecule has 0 radical (unpaired) electrons. The molecule has 6 heteroatoms. The van der Waals surface area contributed by atoms with Gasteiger partial charge in [0.1, 0.15) is 0 Å². The van der Waals surface area contributed by atoms with Gasteiger partial charge in [-0.25, -0.2) is 0 Å². The van der Waals surface area contributed by atoms with E-state index in [0.717, 1.165) is 49.4 Å². The van der Waals surface area contributed by atoms with Gasteiger partial charge in [0.25, 0.3) is 0 Å². The molecule has 1 unspecified atom stereocenters. The number of carbonyl (C=O) groups excluding carboxylic acids is 1. The van der Waals surface area contributed by atoms with Crippen LogP contribution in [0.1, 0.15) is 31.9 Å². The van der Waals surface area contributed by atoms with E-state index < -0.39 is 0 Å². The SMILES string of the molecule is CCCNC1CCCN(Cc2csc(=O)[nH]2)C1=O. The van der Waals surface area contributed by atoms with Crippen LogP contribution in [0.5, 0.6) is 0 Å². The molecule has 0 aliphatic carbocycles. The molecule has 1 atom stereocenters. The molecule has 18 heavy (non-hydrogen) atoms. The highest BCUT2D eigenvalue weighted by molar-refractivity contribution is 7.07. The number of aromatic nitrogens is 1. The molecule has 1 amide bonds. The minimum Gasteiger partial charge on any atom is -0.335 e. The average molecular weight is 269 g/mol. The number of hydrogen-bond donors (Lipinski definition) is 2. The van der Waals surface area contributed by atoms with Crippen molar-refractivity contribution in [3.8, 4) is 0 Å². The second kappa shape index (κ2) is 6.15. The zero-order valence-corrected chi connectivity index (χ0v) is 11.4. The number of H-pyrrole nitrogens is 1. The van der Waals surface area contributed by atoms with Crippen LogP contribution in [0.3, 0.4) is 0 Å². The second-order valence-corrected chi connectivity index (χ2v) is 5.42. The Morgan fingerprint density at radius 1 is 1.56 bits per heavy atom. The third kappa shape index (κ3) is 3.20. The number of piperidine rings is 1. The molecule has 5 nitrogen and oxygen atoms in total. The Morgan fingerprint density at radius 3 is 3.06 bits per heavy atom. The van der Waals surface area contributed by atoms with Crippen molar-refractivity contribution >= 4 is 17.2 Å². The molecule has 0 aromatic carbocycles. The summed E-state index contributed by atoms with van der Waals surface area (Å²) in [5.41, 5.74) is 0.828. The van der Waals surface area contributed by atoms with E-state index in [9.17, 15) is 9.59 Å². The van der Waals surface area contributed by atoms with Crippen LogP contribution in [-0.2, 0) is 11.3 Å². The Bertz CT molecular complexity index is 454. The highest BCUT2D eigenvalue weighted by atomic mass is 32.1. The van der Waals surface area contributed by atoms with Gasteiger partial charge in [-0.2, -0.15) is 0 Å². The van der Waals surface area contributed by atoms with Gasteiger partial charge in [0, 0.05) is 17.6 Å². The highest BCUT2D eigenvalue weighted by Crippen LogP contribution is 2.14. The fourth-order valence-electron chi connectivity index (χ4n) is 2.20. The van der Waals surface area contributed by atoms with Gasteiger partial charge in [-0.15, -0.1) is 0 Å². The molecule has 0 bridgehead atoms. The number of nitrogens with zero attached hydrogens (tertiary/aromatic N) is 1. The van der Waals surface area contributed by atoms with Crippen molar-refractivity contribution in [1.29, 1.82) is 0 Å². The van der Waals surface area contributed by atoms with E-state index in [2.05, 4.69) is 17.2 Å². The normalized spacial score (nSPS) is 20.4. The fraction of sp³-hybridized carbons (Fsp3) is 0.667. The number of carbonyl (C=O) groups is 1. The van der Waals surface area contributed by atoms with Gasteiger partial charge in [-0.3, -0.25) is 9.59 Å². The minimum absolute atomic E-state index is 0.0518. The van der Waals surface area contributed by atoms with Crippen molar-refractivity contribution < 1.29 is 4.79 Å². The van der Waals surface area contributed by atoms with Crippen LogP contribution in [0.4, 0.5) is 0 Å². The van der Waals surface area contributed by atoms with Crippen molar-refractivity contribution in [2.24, 2.45) is 0 Å². The maximum absolute atomic E-state index is 12.2. The first-order valence-electron chi connectivity index (χ1n) is 6.39. The molecule has 2 rings (SSSR count). The smallest absolute Gasteiger partial charge is 0.304 e. The minimum atomic E-state index is -0.0601. The van der Waals surface area contributed by atoms with E-state index >= 15 is 0 Å². The molecule has 0 spiro atoms. The molecule has 1 aromatic rings. The Balaban J connectivity index is 1.95. The van der Waals surface area contributed by atoms with Gasteiger partial charge in [-0.1, -0.05) is 18.3 Å². The van der Waals surface area contributed by atoms with Gasteiger partial charge >= 0.3 is 4.87 Å². The summed E-state index contributed by atoms with van der Waals surface area (Å²) >= 11 is 1.14. The van der Waals surface area contributed by atoms with Crippen molar-refractivity contribution in [1.82, 2.24) is 15.2 Å². The summed E-state index contributed by atoms with van der Waals surface area (Å²) in [6.07, 6.45) is 2.96. The number of nitrogens with one attached hydrogen (secondary N) is 2. The van der Waals surface area contributed by atoms with E-state index in [1.165, 1.54) is 0 Å². The maximum atomic E-state index is 12.2. The van der Waals surface area contributed by atoms with Gasteiger partial charge in [0.15, 0.2) is 0 Å². The monoisotopic (exact) mass is 269 g/mol. The fourth-order valence-corrected chi connectivity index (χ4v) is 2.78. The predicted octanol–water partition coefficient (Wildman–Crippen LogP) is 0.927. The van der Waals surface area contributed by atoms with Crippen molar-refractivity contribution in [3.05, 3.63) is 20.7 Å². The number of likely N-dealkylation sites (tertiary alicyclic amines) is 1. The van der Waals surface area contributed by atoms with Crippen LogP contribution in [0.2, 0.25) is 0 Å². The van der Waals surface area contributed by atoms with Crippen LogP contribution >= 0.6 is 11.3 Å². The summed E-state index contributed by atoms with van der Waals surface area (Å²) in [4.78, 5) is 27.8. The summed E-state index contributed by atoms with van der Waals surface area (Å²) in [5.74, 6) is 0.154. The van der Waals surface area contributed by atoms with Crippen LogP contribution in [-0.4, -0.2) is 34.9 Å². The Hall–Kier alpha value is -1.14. The first-order valence-corrected chi connectivity index (χ1v) is 7.27. The molecular formula is C12H19N3O2S. The third-order valence-corrected chi connectivity index (χ3v) is 3.82. The number of amides is 1. The summed E-state index contributed by atoms with van der Waals surface area (Å²) < 4.78 is 0. The quantitative estimate of drug-likeness (QED) is 0.835. The standard InChI is InChI=1S/C12H19N3O2S/c1-2-5-13-10-4-3-6-15(11(10)16)7-9-8-18-12(17)14-9/h8,10,13H,2-7H2,1H3,(H,14,17). The van der Waals surface area contributed by atoms with Crippen LogP contribution in [0, 0.1) is 0 Å². The van der Waals surface area contributed by atoms with Crippen LogP contribution < -0.4 is 10.2 Å². The number of thiazole rings is 1. The summed E-state index contributed by atoms with van der Waals surface area (Å²) in [7, 11) is 0. The number of hydrogen-bond acceptors (Lipinski definition) is 4. The van der Waals surface area contributed by atoms with Crippen LogP contribution in [0.25, 0.3) is 0 Å². The summed E-state index contributed by atoms with van der Waals surface area (Å²) in [6, 6.07) is -0.0518. The molecule has 1 fully saturated rings. The van der Waals surface area contributed by atoms with Gasteiger partial charge < -0.3 is 15.2 Å². The molecular weight excluding hydrogens is 250 g/mol. The number of rotatable bonds is 5. The summed E-state index contributed by atoms with van der Waals surface area (Å²) in [5, 5.41) is 5.07. The molecule has 100 valence electrons. The molecule has 2 N–H and O–H groups in total. The molecule has 0 saturated carbocycles. The Labute approximate surface area is 110 Å². The topological polar surface area (TPSA) is 65.2 Å². The Morgan fingerprint density at radius 2 is 2.39 bits per heavy atom. The van der Waals surface area contributed by atoms with E-state index in [1.54, 1.807) is 5.38 Å². The summed E-state index contributed by atoms with van der Waals surface area (Å²) in [6.45, 7) is 4.26. The lowest BCUT2D eigenvalue weighted by Crippen LogP contribution is -2.50. The first-order chi connectivity index (χ1) is 8.70. The van der Waals surface area contributed by atoms with Gasteiger partial charge in [0.2, 0.25) is 5.91 Å². The largest absolute Gasteiger partial charge is 0.335 e. The lowest BCUT2D eigenvalue weighted by molar-refractivity contribution is -0.136. The second-order valence-electron chi connectivity index (χ2n) is 4.58. The van der Waals surface area contributed by atoms with E-state index in [-0.39, 0.29) is 16.8 Å². The van der Waals surface area contributed by atoms with E-state index in [4.69, 9.17) is 0 Å². The first kappa shape index (κ1) is 13.3. The zero-order valence-electron chi connectivity index (χ0n) is 10.6.